The topological polar surface area (TPSA) is 86.5 Å². The molecule has 0 saturated carbocycles. The summed E-state index contributed by atoms with van der Waals surface area (Å²) in [5.41, 5.74) is 2.04. The van der Waals surface area contributed by atoms with E-state index in [2.05, 4.69) is 4.74 Å². The van der Waals surface area contributed by atoms with E-state index in [0.717, 1.165) is 11.1 Å². The largest absolute Gasteiger partial charge is 0.491 e. The van der Waals surface area contributed by atoms with Gasteiger partial charge >= 0.3 is 6.18 Å². The van der Waals surface area contributed by atoms with Crippen LogP contribution < -0.4 is 4.74 Å². The Morgan fingerprint density at radius 3 is 2.30 bits per heavy atom. The molecule has 0 aromatic heterocycles. The lowest BCUT2D eigenvalue weighted by atomic mass is 9.92. The lowest BCUT2D eigenvalue weighted by Crippen LogP contribution is -2.42. The van der Waals surface area contributed by atoms with Gasteiger partial charge in [0, 0.05) is 16.5 Å². The Kier molecular flexibility index (Phi) is 6.53. The van der Waals surface area contributed by atoms with Crippen LogP contribution in [0.2, 0.25) is 0 Å². The van der Waals surface area contributed by atoms with E-state index in [1.165, 1.54) is 12.1 Å². The van der Waals surface area contributed by atoms with Crippen LogP contribution in [0, 0.1) is 23.2 Å². The fourth-order valence-electron chi connectivity index (χ4n) is 3.44. The predicted octanol–water partition coefficient (Wildman–Crippen LogP) is 5.38. The number of amides is 1. The van der Waals surface area contributed by atoms with Gasteiger partial charge in [0.15, 0.2) is 0 Å². The molecule has 2 aromatic rings. The highest BCUT2D eigenvalue weighted by atomic mass is 19.4. The number of hydrogen-bond acceptors (Lipinski definition) is 5. The molecule has 2 N–H and O–H groups in total. The van der Waals surface area contributed by atoms with Gasteiger partial charge in [0.2, 0.25) is 11.8 Å². The van der Waals surface area contributed by atoms with Crippen molar-refractivity contribution < 1.29 is 27.4 Å². The van der Waals surface area contributed by atoms with Gasteiger partial charge in [-0.15, -0.1) is 0 Å². The molecule has 6 nitrogen and oxygen atoms in total. The van der Waals surface area contributed by atoms with Crippen molar-refractivity contribution in [3.05, 3.63) is 64.7 Å². The van der Waals surface area contributed by atoms with Gasteiger partial charge in [0.05, 0.1) is 12.6 Å². The van der Waals surface area contributed by atoms with Crippen molar-refractivity contribution in [3.63, 3.8) is 0 Å². The van der Waals surface area contributed by atoms with E-state index < -0.39 is 23.4 Å². The number of aryl methyl sites for hydroxylation is 1. The van der Waals surface area contributed by atoms with E-state index in [1.807, 2.05) is 52.0 Å². The summed E-state index contributed by atoms with van der Waals surface area (Å²) in [7, 11) is 0. The van der Waals surface area contributed by atoms with Crippen LogP contribution in [-0.4, -0.2) is 35.4 Å². The molecule has 1 unspecified atom stereocenters. The van der Waals surface area contributed by atoms with Gasteiger partial charge in [-0.1, -0.05) is 56.7 Å². The van der Waals surface area contributed by atoms with Gasteiger partial charge in [-0.05, 0) is 24.6 Å². The Hall–Kier alpha value is -3.36. The van der Waals surface area contributed by atoms with Crippen molar-refractivity contribution in [2.75, 3.05) is 6.61 Å². The second-order valence-corrected chi connectivity index (χ2v) is 9.00. The zero-order valence-corrected chi connectivity index (χ0v) is 18.8. The normalized spacial score (nSPS) is 16.3. The van der Waals surface area contributed by atoms with Crippen LogP contribution >= 0.6 is 0 Å². The molecule has 0 aliphatic carbocycles. The molecule has 0 fully saturated rings. The molecule has 1 atom stereocenters. The first kappa shape index (κ1) is 24.3. The molecular weight excluding hydrogens is 435 g/mol. The predicted molar refractivity (Wildman–Crippen MR) is 118 cm³/mol. The fraction of sp³-hybridized carbons (Fsp3) is 0.375. The highest BCUT2D eigenvalue weighted by Gasteiger charge is 2.38. The second kappa shape index (κ2) is 8.88. The molecule has 1 amide bonds. The number of alkyl halides is 3. The summed E-state index contributed by atoms with van der Waals surface area (Å²) in [5, 5.41) is 14.8. The van der Waals surface area contributed by atoms with E-state index in [0.29, 0.717) is 11.3 Å². The minimum absolute atomic E-state index is 0.0326. The minimum atomic E-state index is -4.98. The molecule has 0 spiro atoms. The van der Waals surface area contributed by atoms with Crippen molar-refractivity contribution in [1.82, 2.24) is 4.90 Å². The van der Waals surface area contributed by atoms with Crippen molar-refractivity contribution >= 4 is 17.7 Å². The Morgan fingerprint density at radius 1 is 1.09 bits per heavy atom. The molecule has 0 saturated heterocycles. The Morgan fingerprint density at radius 2 is 1.73 bits per heavy atom. The molecule has 9 heteroatoms. The number of ether oxygens (including phenoxy) is 2. The summed E-state index contributed by atoms with van der Waals surface area (Å²) in [6, 6.07) is 11.8. The summed E-state index contributed by atoms with van der Waals surface area (Å²) in [6.45, 7) is 7.85. The van der Waals surface area contributed by atoms with Crippen LogP contribution in [0.25, 0.3) is 0 Å². The van der Waals surface area contributed by atoms with Crippen LogP contribution in [0.1, 0.15) is 49.1 Å². The second-order valence-electron chi connectivity index (χ2n) is 9.00. The summed E-state index contributed by atoms with van der Waals surface area (Å²) >= 11 is 0. The number of fused-ring (bicyclic) bond motifs is 1. The standard InChI is InChI=1S/C24H26F3N3O3/c1-14-5-7-15(8-6-14)18-13-32-19-11-16(20(28)33-21(29)24(25,26)27)9-10-17(19)12-30(18)22(31)23(2,3)4/h5-11,18,28-29H,12-13H2,1-4H3. The first-order valence-electron chi connectivity index (χ1n) is 10.3. The average molecular weight is 461 g/mol. The summed E-state index contributed by atoms with van der Waals surface area (Å²) in [4.78, 5) is 15.1. The van der Waals surface area contributed by atoms with E-state index in [-0.39, 0.29) is 30.7 Å². The molecule has 1 aliphatic heterocycles. The van der Waals surface area contributed by atoms with E-state index in [4.69, 9.17) is 15.6 Å². The number of hydrogen-bond donors (Lipinski definition) is 2. The number of nitrogens with one attached hydrogen (secondary N) is 2. The highest BCUT2D eigenvalue weighted by Crippen LogP contribution is 2.35. The average Bonchev–Trinajstić information content (AvgIpc) is 2.91. The zero-order chi connectivity index (χ0) is 24.6. The molecule has 33 heavy (non-hydrogen) atoms. The third kappa shape index (κ3) is 5.53. The number of benzene rings is 2. The quantitative estimate of drug-likeness (QED) is 0.465. The van der Waals surface area contributed by atoms with Crippen molar-refractivity contribution in [1.29, 1.82) is 10.8 Å². The molecule has 1 aliphatic rings. The third-order valence-electron chi connectivity index (χ3n) is 5.27. The van der Waals surface area contributed by atoms with Gasteiger partial charge in [-0.2, -0.15) is 13.2 Å². The van der Waals surface area contributed by atoms with Crippen LogP contribution in [0.5, 0.6) is 5.75 Å². The molecule has 3 rings (SSSR count). The molecule has 176 valence electrons. The van der Waals surface area contributed by atoms with Crippen molar-refractivity contribution in [2.45, 2.75) is 46.5 Å². The molecular formula is C24H26F3N3O3. The Labute approximate surface area is 190 Å². The van der Waals surface area contributed by atoms with E-state index >= 15 is 0 Å². The van der Waals surface area contributed by atoms with Crippen molar-refractivity contribution in [3.8, 4) is 5.75 Å². The number of nitrogens with zero attached hydrogens (tertiary/aromatic N) is 1. The van der Waals surface area contributed by atoms with Crippen LogP contribution in [0.4, 0.5) is 13.2 Å². The number of carbonyl (C=O) groups excluding carboxylic acids is 1. The molecule has 2 aromatic carbocycles. The summed E-state index contributed by atoms with van der Waals surface area (Å²) < 4.78 is 48.1. The van der Waals surface area contributed by atoms with Gasteiger partial charge < -0.3 is 14.4 Å². The van der Waals surface area contributed by atoms with Gasteiger partial charge in [-0.3, -0.25) is 15.6 Å². The van der Waals surface area contributed by atoms with E-state index in [1.54, 1.807) is 11.0 Å². The van der Waals surface area contributed by atoms with Crippen LogP contribution in [0.3, 0.4) is 0 Å². The highest BCUT2D eigenvalue weighted by molar-refractivity contribution is 6.00. The van der Waals surface area contributed by atoms with Crippen LogP contribution in [-0.2, 0) is 16.1 Å². The maximum atomic E-state index is 13.3. The number of rotatable bonds is 2. The first-order valence-corrected chi connectivity index (χ1v) is 10.3. The van der Waals surface area contributed by atoms with Crippen molar-refractivity contribution in [2.24, 2.45) is 5.41 Å². The number of halogens is 3. The Bertz CT molecular complexity index is 1070. The monoisotopic (exact) mass is 461 g/mol. The van der Waals surface area contributed by atoms with Gasteiger partial charge in [0.25, 0.3) is 5.90 Å². The molecule has 1 heterocycles. The van der Waals surface area contributed by atoms with Crippen LogP contribution in [0.15, 0.2) is 42.5 Å². The minimum Gasteiger partial charge on any atom is -0.491 e. The zero-order valence-electron chi connectivity index (χ0n) is 18.8. The smallest absolute Gasteiger partial charge is 0.468 e. The molecule has 0 radical (unpaired) electrons. The Balaban J connectivity index is 1.94. The van der Waals surface area contributed by atoms with E-state index in [9.17, 15) is 18.0 Å². The summed E-state index contributed by atoms with van der Waals surface area (Å²) in [6.07, 6.45) is -4.98. The SMILES string of the molecule is Cc1ccc(C2COc3cc(C(=N)OC(=N)C(F)(F)F)ccc3CN2C(=O)C(C)(C)C)cc1. The lowest BCUT2D eigenvalue weighted by molar-refractivity contribution is -0.143. The number of carbonyl (C=O) groups is 1. The fourth-order valence-corrected chi connectivity index (χ4v) is 3.44. The lowest BCUT2D eigenvalue weighted by Gasteiger charge is -2.34. The maximum absolute atomic E-state index is 13.3. The van der Waals surface area contributed by atoms with Gasteiger partial charge in [-0.25, -0.2) is 0 Å². The maximum Gasteiger partial charge on any atom is 0.468 e. The first-order chi connectivity index (χ1) is 15.3. The summed E-state index contributed by atoms with van der Waals surface area (Å²) in [5.74, 6) is -2.50. The molecule has 0 bridgehead atoms. The van der Waals surface area contributed by atoms with Gasteiger partial charge in [0.1, 0.15) is 12.4 Å². The third-order valence-corrected chi connectivity index (χ3v) is 5.27.